The lowest BCUT2D eigenvalue weighted by atomic mass is 10.0. The summed E-state index contributed by atoms with van der Waals surface area (Å²) < 4.78 is 0. The first-order valence-corrected chi connectivity index (χ1v) is 4.18. The minimum Gasteiger partial charge on any atom is -0.276 e. The summed E-state index contributed by atoms with van der Waals surface area (Å²) in [6, 6.07) is 3.86. The van der Waals surface area contributed by atoms with Crippen LogP contribution in [0.15, 0.2) is 12.1 Å². The molecule has 1 aromatic rings. The summed E-state index contributed by atoms with van der Waals surface area (Å²) >= 11 is 5.41. The second-order valence-corrected chi connectivity index (χ2v) is 3.37. The third-order valence-corrected chi connectivity index (χ3v) is 2.23. The van der Waals surface area contributed by atoms with E-state index in [-0.39, 0.29) is 5.24 Å². The molecule has 0 atom stereocenters. The van der Waals surface area contributed by atoms with Gasteiger partial charge in [-0.1, -0.05) is 11.6 Å². The lowest BCUT2D eigenvalue weighted by Crippen LogP contribution is -1.96. The fourth-order valence-corrected chi connectivity index (χ4v) is 1.44. The van der Waals surface area contributed by atoms with Crippen molar-refractivity contribution in [1.82, 2.24) is 0 Å². The molecule has 1 rings (SSSR count). The van der Waals surface area contributed by atoms with E-state index in [4.69, 9.17) is 11.6 Å². The molecule has 0 spiro atoms. The number of hydrogen-bond donors (Lipinski definition) is 0. The Balaban J connectivity index is 3.37. The van der Waals surface area contributed by atoms with Gasteiger partial charge in [0, 0.05) is 5.56 Å². The smallest absolute Gasteiger partial charge is 0.252 e. The Bertz CT molecular complexity index is 329. The number of aryl methyl sites for hydroxylation is 2. The standard InChI is InChI=1S/C10H11ClO/c1-6-4-7(2)8(3)9(5-6)10(11)12/h4-5H,1-3H3. The highest BCUT2D eigenvalue weighted by Gasteiger charge is 2.07. The van der Waals surface area contributed by atoms with Crippen molar-refractivity contribution >= 4 is 16.8 Å². The number of halogens is 1. The Hall–Kier alpha value is -0.820. The van der Waals surface area contributed by atoms with Crippen molar-refractivity contribution in [2.75, 3.05) is 0 Å². The molecule has 2 heteroatoms. The zero-order valence-corrected chi connectivity index (χ0v) is 8.20. The molecule has 0 aliphatic carbocycles. The third-order valence-electron chi connectivity index (χ3n) is 2.02. The number of carbonyl (C=O) groups is 1. The van der Waals surface area contributed by atoms with Gasteiger partial charge in [0.2, 0.25) is 0 Å². The quantitative estimate of drug-likeness (QED) is 0.611. The van der Waals surface area contributed by atoms with Gasteiger partial charge in [-0.05, 0) is 49.6 Å². The first-order chi connectivity index (χ1) is 5.52. The molecule has 0 amide bonds. The van der Waals surface area contributed by atoms with E-state index in [1.54, 1.807) is 0 Å². The topological polar surface area (TPSA) is 17.1 Å². The van der Waals surface area contributed by atoms with Crippen molar-refractivity contribution < 1.29 is 4.79 Å². The molecule has 0 saturated heterocycles. The van der Waals surface area contributed by atoms with Gasteiger partial charge in [-0.25, -0.2) is 0 Å². The maximum atomic E-state index is 10.9. The summed E-state index contributed by atoms with van der Waals surface area (Å²) in [5, 5.41) is -0.376. The summed E-state index contributed by atoms with van der Waals surface area (Å²) in [5.41, 5.74) is 3.77. The van der Waals surface area contributed by atoms with Gasteiger partial charge >= 0.3 is 0 Å². The molecule has 0 radical (unpaired) electrons. The van der Waals surface area contributed by atoms with Crippen LogP contribution >= 0.6 is 11.6 Å². The Morgan fingerprint density at radius 1 is 1.25 bits per heavy atom. The molecule has 64 valence electrons. The second kappa shape index (κ2) is 3.28. The molecule has 0 heterocycles. The minimum absolute atomic E-state index is 0.376. The Morgan fingerprint density at radius 2 is 1.83 bits per heavy atom. The van der Waals surface area contributed by atoms with E-state index in [9.17, 15) is 4.79 Å². The molecule has 1 nitrogen and oxygen atoms in total. The predicted molar refractivity (Wildman–Crippen MR) is 50.8 cm³/mol. The maximum absolute atomic E-state index is 10.9. The van der Waals surface area contributed by atoms with Gasteiger partial charge < -0.3 is 0 Å². The molecule has 0 fully saturated rings. The van der Waals surface area contributed by atoms with Crippen molar-refractivity contribution in [3.63, 3.8) is 0 Å². The van der Waals surface area contributed by atoms with Crippen LogP contribution in [-0.2, 0) is 0 Å². The Labute approximate surface area is 77.4 Å². The van der Waals surface area contributed by atoms with Crippen molar-refractivity contribution in [2.45, 2.75) is 20.8 Å². The fourth-order valence-electron chi connectivity index (χ4n) is 1.24. The van der Waals surface area contributed by atoms with E-state index in [1.165, 1.54) is 0 Å². The average Bonchev–Trinajstić information content (AvgIpc) is 1.96. The van der Waals surface area contributed by atoms with E-state index in [2.05, 4.69) is 0 Å². The molecule has 1 aromatic carbocycles. The fraction of sp³-hybridized carbons (Fsp3) is 0.300. The van der Waals surface area contributed by atoms with E-state index < -0.39 is 0 Å². The highest BCUT2D eigenvalue weighted by atomic mass is 35.5. The van der Waals surface area contributed by atoms with Crippen LogP contribution in [0.1, 0.15) is 27.0 Å². The summed E-state index contributed by atoms with van der Waals surface area (Å²) in [4.78, 5) is 10.9. The SMILES string of the molecule is Cc1cc(C)c(C)c(C(=O)Cl)c1. The van der Waals surface area contributed by atoms with E-state index in [0.717, 1.165) is 16.7 Å². The van der Waals surface area contributed by atoms with E-state index >= 15 is 0 Å². The Morgan fingerprint density at radius 3 is 2.33 bits per heavy atom. The van der Waals surface area contributed by atoms with Crippen LogP contribution in [0.2, 0.25) is 0 Å². The molecule has 0 N–H and O–H groups in total. The molecular formula is C10H11ClO. The van der Waals surface area contributed by atoms with E-state index in [1.807, 2.05) is 32.9 Å². The van der Waals surface area contributed by atoms with Crippen LogP contribution in [0, 0.1) is 20.8 Å². The number of rotatable bonds is 1. The molecule has 0 aromatic heterocycles. The summed E-state index contributed by atoms with van der Waals surface area (Å²) in [7, 11) is 0. The van der Waals surface area contributed by atoms with Crippen molar-refractivity contribution in [2.24, 2.45) is 0 Å². The van der Waals surface area contributed by atoms with Gasteiger partial charge in [0.05, 0.1) is 0 Å². The molecular weight excluding hydrogens is 172 g/mol. The zero-order valence-electron chi connectivity index (χ0n) is 7.44. The monoisotopic (exact) mass is 182 g/mol. The number of hydrogen-bond acceptors (Lipinski definition) is 1. The summed E-state index contributed by atoms with van der Waals surface area (Å²) in [5.74, 6) is 0. The predicted octanol–water partition coefficient (Wildman–Crippen LogP) is 2.99. The minimum atomic E-state index is -0.376. The number of benzene rings is 1. The highest BCUT2D eigenvalue weighted by Crippen LogP contribution is 2.17. The molecule has 0 aliphatic heterocycles. The van der Waals surface area contributed by atoms with Gasteiger partial charge in [-0.15, -0.1) is 0 Å². The van der Waals surface area contributed by atoms with Gasteiger partial charge in [-0.3, -0.25) is 4.79 Å². The molecule has 0 unspecified atom stereocenters. The van der Waals surface area contributed by atoms with Crippen molar-refractivity contribution in [3.8, 4) is 0 Å². The highest BCUT2D eigenvalue weighted by molar-refractivity contribution is 6.67. The van der Waals surface area contributed by atoms with Crippen LogP contribution in [0.25, 0.3) is 0 Å². The Kier molecular flexibility index (Phi) is 2.53. The molecule has 0 saturated carbocycles. The zero-order chi connectivity index (χ0) is 9.30. The summed E-state index contributed by atoms with van der Waals surface area (Å²) in [6.45, 7) is 5.84. The lowest BCUT2D eigenvalue weighted by Gasteiger charge is -2.05. The van der Waals surface area contributed by atoms with Crippen molar-refractivity contribution in [3.05, 3.63) is 34.4 Å². The largest absolute Gasteiger partial charge is 0.276 e. The normalized spacial score (nSPS) is 10.0. The van der Waals surface area contributed by atoms with Gasteiger partial charge in [-0.2, -0.15) is 0 Å². The molecule has 12 heavy (non-hydrogen) atoms. The van der Waals surface area contributed by atoms with Gasteiger partial charge in [0.15, 0.2) is 0 Å². The van der Waals surface area contributed by atoms with E-state index in [0.29, 0.717) is 5.56 Å². The first kappa shape index (κ1) is 9.27. The van der Waals surface area contributed by atoms with Crippen LogP contribution < -0.4 is 0 Å². The van der Waals surface area contributed by atoms with Gasteiger partial charge in [0.1, 0.15) is 0 Å². The molecule has 0 bridgehead atoms. The lowest BCUT2D eigenvalue weighted by molar-refractivity contribution is 0.108. The van der Waals surface area contributed by atoms with Crippen LogP contribution in [0.5, 0.6) is 0 Å². The summed E-state index contributed by atoms with van der Waals surface area (Å²) in [6.07, 6.45) is 0. The van der Waals surface area contributed by atoms with Crippen LogP contribution in [0.4, 0.5) is 0 Å². The van der Waals surface area contributed by atoms with Crippen LogP contribution in [-0.4, -0.2) is 5.24 Å². The second-order valence-electron chi connectivity index (χ2n) is 3.03. The maximum Gasteiger partial charge on any atom is 0.252 e. The van der Waals surface area contributed by atoms with Gasteiger partial charge in [0.25, 0.3) is 5.24 Å². The molecule has 0 aliphatic rings. The average molecular weight is 183 g/mol. The first-order valence-electron chi connectivity index (χ1n) is 3.80. The number of carbonyl (C=O) groups excluding carboxylic acids is 1. The third kappa shape index (κ3) is 1.67. The van der Waals surface area contributed by atoms with Crippen LogP contribution in [0.3, 0.4) is 0 Å². The van der Waals surface area contributed by atoms with Crippen molar-refractivity contribution in [1.29, 1.82) is 0 Å².